The standard InChI is InChI=1S/C31H33FN2O9S.C5H11N/c1-20(2)29(37)41-21(3)42-30(38)33-27(28(35)36)16-22-9-7-14-26(15-22)44(39,40)34-18-31(19-34,23-10-5-4-6-11-23)43-25-13-8-12-24(32)17-25;1-2-4-6-5-3-1/h4-15,17,20-21,27H,16,18-19H2,1-3H3,(H,33,38)(H,35,36);6H,1-5H2/t21-,27-;/m0./s1. The Kier molecular flexibility index (Phi) is 13.3. The van der Waals surface area contributed by atoms with Crippen LogP contribution in [0.3, 0.4) is 0 Å². The highest BCUT2D eigenvalue weighted by atomic mass is 32.2. The summed E-state index contributed by atoms with van der Waals surface area (Å²) in [7, 11) is -4.05. The lowest BCUT2D eigenvalue weighted by Crippen LogP contribution is -2.64. The van der Waals surface area contributed by atoms with Gasteiger partial charge in [-0.05, 0) is 61.3 Å². The number of nitrogens with one attached hydrogen (secondary N) is 2. The number of rotatable bonds is 12. The summed E-state index contributed by atoms with van der Waals surface area (Å²) >= 11 is 0. The van der Waals surface area contributed by atoms with Crippen LogP contribution in [0.1, 0.15) is 51.2 Å². The zero-order chi connectivity index (χ0) is 36.3. The third kappa shape index (κ3) is 10.5. The Morgan fingerprint density at radius 3 is 2.18 bits per heavy atom. The van der Waals surface area contributed by atoms with Gasteiger partial charge in [-0.2, -0.15) is 4.31 Å². The summed E-state index contributed by atoms with van der Waals surface area (Å²) in [5.41, 5.74) is -0.0112. The SMILES string of the molecule is C1CCNCC1.CC(C)C(=O)O[C@H](C)OC(=O)N[C@@H](Cc1cccc(S(=O)(=O)N2CC(Oc3cccc(F)c3)(c3ccccc3)C2)c1)C(=O)O. The van der Waals surface area contributed by atoms with Crippen LogP contribution < -0.4 is 15.4 Å². The summed E-state index contributed by atoms with van der Waals surface area (Å²) in [6.07, 6.45) is 1.58. The summed E-state index contributed by atoms with van der Waals surface area (Å²) in [6.45, 7) is 6.92. The highest BCUT2D eigenvalue weighted by molar-refractivity contribution is 7.89. The topological polar surface area (TPSA) is 161 Å². The maximum absolute atomic E-state index is 13.9. The van der Waals surface area contributed by atoms with Crippen LogP contribution in [0.25, 0.3) is 0 Å². The number of benzene rings is 3. The van der Waals surface area contributed by atoms with Crippen molar-refractivity contribution >= 4 is 28.1 Å². The van der Waals surface area contributed by atoms with Crippen LogP contribution in [0, 0.1) is 11.7 Å². The van der Waals surface area contributed by atoms with Crippen LogP contribution in [-0.2, 0) is 41.1 Å². The van der Waals surface area contributed by atoms with E-state index in [1.807, 2.05) is 18.2 Å². The molecule has 3 aromatic carbocycles. The second-order valence-corrected chi connectivity index (χ2v) is 14.4. The van der Waals surface area contributed by atoms with E-state index in [0.29, 0.717) is 5.56 Å². The Bertz CT molecular complexity index is 1700. The van der Waals surface area contributed by atoms with Crippen LogP contribution in [0.2, 0.25) is 0 Å². The number of halogens is 1. The Morgan fingerprint density at radius 2 is 1.60 bits per heavy atom. The van der Waals surface area contributed by atoms with E-state index in [1.165, 1.54) is 86.0 Å². The molecule has 2 atom stereocenters. The summed E-state index contributed by atoms with van der Waals surface area (Å²) in [5.74, 6) is -2.66. The molecule has 270 valence electrons. The fourth-order valence-electron chi connectivity index (χ4n) is 5.37. The van der Waals surface area contributed by atoms with E-state index in [2.05, 4.69) is 10.6 Å². The van der Waals surface area contributed by atoms with Gasteiger partial charge in [0.15, 0.2) is 5.60 Å². The molecule has 0 saturated carbocycles. The number of aliphatic carboxylic acids is 1. The molecule has 3 aromatic rings. The molecular weight excluding hydrogens is 669 g/mol. The van der Waals surface area contributed by atoms with E-state index in [-0.39, 0.29) is 30.2 Å². The number of carboxylic acids is 1. The number of carbonyl (C=O) groups is 3. The van der Waals surface area contributed by atoms with Crippen LogP contribution in [0.5, 0.6) is 5.75 Å². The number of carbonyl (C=O) groups excluding carboxylic acids is 2. The molecular formula is C36H44FN3O9S. The number of hydrogen-bond acceptors (Lipinski definition) is 9. The smallest absolute Gasteiger partial charge is 0.410 e. The third-order valence-corrected chi connectivity index (χ3v) is 9.86. The third-order valence-electron chi connectivity index (χ3n) is 8.07. The minimum absolute atomic E-state index is 0.0508. The first-order valence-corrected chi connectivity index (χ1v) is 17.9. The summed E-state index contributed by atoms with van der Waals surface area (Å²) in [5, 5.41) is 15.2. The molecule has 2 heterocycles. The van der Waals surface area contributed by atoms with Crippen molar-refractivity contribution < 1.29 is 46.5 Å². The Morgan fingerprint density at radius 1 is 0.920 bits per heavy atom. The van der Waals surface area contributed by atoms with E-state index in [9.17, 15) is 32.3 Å². The number of hydrogen-bond donors (Lipinski definition) is 3. The molecule has 14 heteroatoms. The highest BCUT2D eigenvalue weighted by Crippen LogP contribution is 2.40. The molecule has 2 aliphatic rings. The Labute approximate surface area is 292 Å². The van der Waals surface area contributed by atoms with Gasteiger partial charge in [0.2, 0.25) is 16.3 Å². The Balaban J connectivity index is 0.000000845. The molecule has 0 radical (unpaired) electrons. The lowest BCUT2D eigenvalue weighted by atomic mass is 9.87. The van der Waals surface area contributed by atoms with Gasteiger partial charge in [0.1, 0.15) is 17.6 Å². The quantitative estimate of drug-likeness (QED) is 0.175. The van der Waals surface area contributed by atoms with E-state index >= 15 is 0 Å². The second kappa shape index (κ2) is 17.4. The molecule has 2 aliphatic heterocycles. The first kappa shape index (κ1) is 38.3. The molecule has 5 rings (SSSR count). The fourth-order valence-corrected chi connectivity index (χ4v) is 6.97. The van der Waals surface area contributed by atoms with Gasteiger partial charge in [-0.3, -0.25) is 4.79 Å². The minimum Gasteiger partial charge on any atom is -0.480 e. The van der Waals surface area contributed by atoms with Crippen molar-refractivity contribution in [2.24, 2.45) is 5.92 Å². The molecule has 2 fully saturated rings. The molecule has 12 nitrogen and oxygen atoms in total. The molecule has 0 aliphatic carbocycles. The molecule has 2 saturated heterocycles. The molecule has 3 N–H and O–H groups in total. The van der Waals surface area contributed by atoms with Gasteiger partial charge in [-0.1, -0.05) is 68.8 Å². The lowest BCUT2D eigenvalue weighted by Gasteiger charge is -2.48. The molecule has 50 heavy (non-hydrogen) atoms. The van der Waals surface area contributed by atoms with Crippen LogP contribution in [-0.4, -0.2) is 74.4 Å². The number of sulfonamides is 1. The van der Waals surface area contributed by atoms with Crippen molar-refractivity contribution in [3.8, 4) is 5.75 Å². The van der Waals surface area contributed by atoms with Crippen molar-refractivity contribution in [1.29, 1.82) is 0 Å². The number of nitrogens with zero attached hydrogens (tertiary/aromatic N) is 1. The number of carboxylic acid groups (broad SMARTS) is 1. The predicted octanol–water partition coefficient (Wildman–Crippen LogP) is 4.83. The Hall–Kier alpha value is -4.53. The normalized spacial score (nSPS) is 16.8. The van der Waals surface area contributed by atoms with Crippen LogP contribution in [0.15, 0.2) is 83.8 Å². The first-order valence-electron chi connectivity index (χ1n) is 16.5. The number of alkyl carbamates (subject to hydrolysis) is 1. The summed E-state index contributed by atoms with van der Waals surface area (Å²) < 4.78 is 58.4. The van der Waals surface area contributed by atoms with Gasteiger partial charge in [0.05, 0.1) is 23.9 Å². The van der Waals surface area contributed by atoms with Gasteiger partial charge in [0.25, 0.3) is 0 Å². The van der Waals surface area contributed by atoms with Gasteiger partial charge >= 0.3 is 18.0 Å². The molecule has 0 aromatic heterocycles. The highest BCUT2D eigenvalue weighted by Gasteiger charge is 2.52. The number of esters is 1. The monoisotopic (exact) mass is 713 g/mol. The maximum Gasteiger partial charge on any atom is 0.410 e. The van der Waals surface area contributed by atoms with Crippen LogP contribution in [0.4, 0.5) is 9.18 Å². The summed E-state index contributed by atoms with van der Waals surface area (Å²) in [6, 6.07) is 18.9. The van der Waals surface area contributed by atoms with Gasteiger partial charge < -0.3 is 30.0 Å². The van der Waals surface area contributed by atoms with Crippen molar-refractivity contribution in [3.05, 3.63) is 95.8 Å². The van der Waals surface area contributed by atoms with Crippen molar-refractivity contribution in [2.75, 3.05) is 26.2 Å². The van der Waals surface area contributed by atoms with Gasteiger partial charge in [0, 0.05) is 19.4 Å². The van der Waals surface area contributed by atoms with E-state index < -0.39 is 57.7 Å². The minimum atomic E-state index is -4.05. The average Bonchev–Trinajstić information content (AvgIpc) is 3.07. The zero-order valence-electron chi connectivity index (χ0n) is 28.3. The fraction of sp³-hybridized carbons (Fsp3) is 0.417. The number of piperidine rings is 1. The average molecular weight is 714 g/mol. The van der Waals surface area contributed by atoms with Gasteiger partial charge in [-0.15, -0.1) is 0 Å². The molecule has 0 bridgehead atoms. The molecule has 1 amide bonds. The van der Waals surface area contributed by atoms with E-state index in [0.717, 1.165) is 5.56 Å². The number of ether oxygens (including phenoxy) is 3. The largest absolute Gasteiger partial charge is 0.480 e. The van der Waals surface area contributed by atoms with Gasteiger partial charge in [-0.25, -0.2) is 22.4 Å². The van der Waals surface area contributed by atoms with Crippen LogP contribution >= 0.6 is 0 Å². The van der Waals surface area contributed by atoms with Crippen molar-refractivity contribution in [1.82, 2.24) is 14.9 Å². The number of amides is 1. The predicted molar refractivity (Wildman–Crippen MR) is 182 cm³/mol. The zero-order valence-corrected chi connectivity index (χ0v) is 29.2. The van der Waals surface area contributed by atoms with Crippen molar-refractivity contribution in [3.63, 3.8) is 0 Å². The lowest BCUT2D eigenvalue weighted by molar-refractivity contribution is -0.169. The molecule has 0 spiro atoms. The maximum atomic E-state index is 13.9. The van der Waals surface area contributed by atoms with E-state index in [1.54, 1.807) is 32.0 Å². The van der Waals surface area contributed by atoms with E-state index in [4.69, 9.17) is 14.2 Å². The molecule has 0 unspecified atom stereocenters. The first-order chi connectivity index (χ1) is 23.8. The van der Waals surface area contributed by atoms with Crippen molar-refractivity contribution in [2.45, 2.75) is 69.3 Å². The second-order valence-electron chi connectivity index (χ2n) is 12.5. The summed E-state index contributed by atoms with van der Waals surface area (Å²) in [4.78, 5) is 35.8.